The molecule has 0 bridgehead atoms. The molecule has 2 aromatic rings. The average molecular weight is 275 g/mol. The van der Waals surface area contributed by atoms with Crippen LogP contribution in [0.4, 0.5) is 0 Å². The highest BCUT2D eigenvalue weighted by Crippen LogP contribution is 2.28. The lowest BCUT2D eigenvalue weighted by molar-refractivity contribution is 0.0665. The Bertz CT molecular complexity index is 630. The number of benzene rings is 1. The van der Waals surface area contributed by atoms with Gasteiger partial charge in [0.1, 0.15) is 5.75 Å². The Hall–Kier alpha value is -2.08. The lowest BCUT2D eigenvalue weighted by Crippen LogP contribution is -2.47. The smallest absolute Gasteiger partial charge is 0.257 e. The van der Waals surface area contributed by atoms with Crippen LogP contribution in [0.25, 0.3) is 11.1 Å². The number of carbonyl (C=O) groups is 1. The van der Waals surface area contributed by atoms with Crippen molar-refractivity contribution in [3.8, 4) is 5.75 Å². The molecule has 6 heteroatoms. The molecule has 1 saturated heterocycles. The van der Waals surface area contributed by atoms with E-state index >= 15 is 0 Å². The molecule has 0 unspecified atom stereocenters. The number of ether oxygens (including phenoxy) is 1. The highest BCUT2D eigenvalue weighted by atomic mass is 16.5. The Labute approximate surface area is 116 Å². The number of fused-ring (bicyclic) bond motifs is 1. The maximum absolute atomic E-state index is 12.6. The number of likely N-dealkylation sites (N-methyl/N-ethyl adjacent to an activating group) is 1. The van der Waals surface area contributed by atoms with E-state index in [0.717, 1.165) is 26.2 Å². The summed E-state index contributed by atoms with van der Waals surface area (Å²) in [4.78, 5) is 20.8. The number of rotatable bonds is 2. The van der Waals surface area contributed by atoms with Gasteiger partial charge < -0.3 is 19.0 Å². The molecular weight excluding hydrogens is 258 g/mol. The fraction of sp³-hybridized carbons (Fsp3) is 0.429. The van der Waals surface area contributed by atoms with Gasteiger partial charge in [0, 0.05) is 26.2 Å². The molecule has 2 heterocycles. The van der Waals surface area contributed by atoms with Gasteiger partial charge in [-0.3, -0.25) is 4.79 Å². The summed E-state index contributed by atoms with van der Waals surface area (Å²) in [6, 6.07) is 3.50. The summed E-state index contributed by atoms with van der Waals surface area (Å²) in [5, 5.41) is 0. The minimum Gasteiger partial charge on any atom is -0.494 e. The van der Waals surface area contributed by atoms with Gasteiger partial charge in [0.2, 0.25) is 0 Å². The van der Waals surface area contributed by atoms with Crippen LogP contribution in [0, 0.1) is 0 Å². The molecule has 1 fully saturated rings. The number of piperazine rings is 1. The van der Waals surface area contributed by atoms with E-state index in [-0.39, 0.29) is 5.91 Å². The topological polar surface area (TPSA) is 58.8 Å². The average Bonchev–Trinajstić information content (AvgIpc) is 2.95. The molecule has 1 aliphatic heterocycles. The van der Waals surface area contributed by atoms with Crippen LogP contribution in [-0.2, 0) is 0 Å². The van der Waals surface area contributed by atoms with Crippen LogP contribution in [0.5, 0.6) is 5.75 Å². The van der Waals surface area contributed by atoms with Crippen molar-refractivity contribution in [1.29, 1.82) is 0 Å². The number of amides is 1. The van der Waals surface area contributed by atoms with Crippen LogP contribution in [0.2, 0.25) is 0 Å². The predicted octanol–water partition coefficient (Wildman–Crippen LogP) is 1.22. The summed E-state index contributed by atoms with van der Waals surface area (Å²) in [5.41, 5.74) is 1.63. The van der Waals surface area contributed by atoms with E-state index in [4.69, 9.17) is 9.15 Å². The van der Waals surface area contributed by atoms with Crippen LogP contribution < -0.4 is 4.74 Å². The molecule has 1 amide bonds. The summed E-state index contributed by atoms with van der Waals surface area (Å²) in [6.07, 6.45) is 1.34. The monoisotopic (exact) mass is 275 g/mol. The van der Waals surface area contributed by atoms with Gasteiger partial charge in [-0.25, -0.2) is 4.98 Å². The lowest BCUT2D eigenvalue weighted by atomic mass is 10.1. The van der Waals surface area contributed by atoms with Gasteiger partial charge >= 0.3 is 0 Å². The number of hydrogen-bond acceptors (Lipinski definition) is 5. The van der Waals surface area contributed by atoms with E-state index in [0.29, 0.717) is 22.4 Å². The molecule has 20 heavy (non-hydrogen) atoms. The molecule has 0 spiro atoms. The quantitative estimate of drug-likeness (QED) is 0.825. The molecule has 0 N–H and O–H groups in total. The number of nitrogens with zero attached hydrogens (tertiary/aromatic N) is 3. The Morgan fingerprint density at radius 1 is 1.30 bits per heavy atom. The third kappa shape index (κ3) is 2.12. The van der Waals surface area contributed by atoms with E-state index in [1.807, 2.05) is 4.90 Å². The van der Waals surface area contributed by atoms with Gasteiger partial charge in [0.25, 0.3) is 5.91 Å². The van der Waals surface area contributed by atoms with E-state index in [2.05, 4.69) is 16.9 Å². The van der Waals surface area contributed by atoms with Gasteiger partial charge in [0.15, 0.2) is 17.5 Å². The summed E-state index contributed by atoms with van der Waals surface area (Å²) in [6.45, 7) is 3.25. The van der Waals surface area contributed by atoms with E-state index in [1.54, 1.807) is 19.2 Å². The third-order valence-electron chi connectivity index (χ3n) is 3.69. The maximum Gasteiger partial charge on any atom is 0.257 e. The van der Waals surface area contributed by atoms with Crippen LogP contribution in [0.3, 0.4) is 0 Å². The van der Waals surface area contributed by atoms with E-state index < -0.39 is 0 Å². The van der Waals surface area contributed by atoms with E-state index in [9.17, 15) is 4.79 Å². The molecule has 106 valence electrons. The zero-order valence-corrected chi connectivity index (χ0v) is 11.6. The number of hydrogen-bond donors (Lipinski definition) is 0. The number of methoxy groups -OCH3 is 1. The molecule has 6 nitrogen and oxygen atoms in total. The molecule has 0 saturated carbocycles. The predicted molar refractivity (Wildman–Crippen MR) is 74.0 cm³/mol. The van der Waals surface area contributed by atoms with Crippen molar-refractivity contribution in [3.63, 3.8) is 0 Å². The van der Waals surface area contributed by atoms with Crippen molar-refractivity contribution in [2.75, 3.05) is 40.3 Å². The second-order valence-electron chi connectivity index (χ2n) is 4.94. The molecule has 1 aliphatic rings. The summed E-state index contributed by atoms with van der Waals surface area (Å²) >= 11 is 0. The van der Waals surface area contributed by atoms with Gasteiger partial charge in [0.05, 0.1) is 12.7 Å². The first-order valence-corrected chi connectivity index (χ1v) is 6.58. The van der Waals surface area contributed by atoms with Crippen LogP contribution in [0.1, 0.15) is 10.4 Å². The highest BCUT2D eigenvalue weighted by molar-refractivity contribution is 6.05. The maximum atomic E-state index is 12.6. The molecule has 1 aromatic carbocycles. The van der Waals surface area contributed by atoms with Crippen LogP contribution in [0.15, 0.2) is 22.9 Å². The molecule has 1 aromatic heterocycles. The summed E-state index contributed by atoms with van der Waals surface area (Å²) in [5.74, 6) is 0.603. The first kappa shape index (κ1) is 12.9. The Morgan fingerprint density at radius 3 is 2.75 bits per heavy atom. The zero-order chi connectivity index (χ0) is 14.1. The zero-order valence-electron chi connectivity index (χ0n) is 11.6. The molecule has 0 aliphatic carbocycles. The molecular formula is C14H17N3O3. The number of oxazole rings is 1. The number of aromatic nitrogens is 1. The molecule has 0 atom stereocenters. The molecule has 0 radical (unpaired) electrons. The first-order chi connectivity index (χ1) is 9.70. The fourth-order valence-electron chi connectivity index (χ4n) is 2.44. The van der Waals surface area contributed by atoms with Crippen molar-refractivity contribution in [1.82, 2.24) is 14.8 Å². The Kier molecular flexibility index (Phi) is 3.31. The SMILES string of the molecule is COc1ccc(C(=O)N2CCN(C)CC2)c2ocnc12. The minimum absolute atomic E-state index is 0.0116. The fourth-order valence-corrected chi connectivity index (χ4v) is 2.44. The summed E-state index contributed by atoms with van der Waals surface area (Å²) in [7, 11) is 3.63. The third-order valence-corrected chi connectivity index (χ3v) is 3.69. The minimum atomic E-state index is -0.0116. The largest absolute Gasteiger partial charge is 0.494 e. The van der Waals surface area contributed by atoms with Gasteiger partial charge in [-0.05, 0) is 19.2 Å². The van der Waals surface area contributed by atoms with Gasteiger partial charge in [-0.15, -0.1) is 0 Å². The van der Waals surface area contributed by atoms with Crippen LogP contribution >= 0.6 is 0 Å². The first-order valence-electron chi connectivity index (χ1n) is 6.58. The van der Waals surface area contributed by atoms with Crippen molar-refractivity contribution < 1.29 is 13.9 Å². The second-order valence-corrected chi connectivity index (χ2v) is 4.94. The second kappa shape index (κ2) is 5.13. The van der Waals surface area contributed by atoms with E-state index in [1.165, 1.54) is 6.39 Å². The van der Waals surface area contributed by atoms with Crippen molar-refractivity contribution in [3.05, 3.63) is 24.1 Å². The lowest BCUT2D eigenvalue weighted by Gasteiger charge is -2.32. The normalized spacial score (nSPS) is 16.6. The van der Waals surface area contributed by atoms with Gasteiger partial charge in [-0.2, -0.15) is 0 Å². The summed E-state index contributed by atoms with van der Waals surface area (Å²) < 4.78 is 10.6. The van der Waals surface area contributed by atoms with Crippen molar-refractivity contribution in [2.24, 2.45) is 0 Å². The Balaban J connectivity index is 1.94. The van der Waals surface area contributed by atoms with Crippen molar-refractivity contribution >= 4 is 17.0 Å². The van der Waals surface area contributed by atoms with Gasteiger partial charge in [-0.1, -0.05) is 0 Å². The Morgan fingerprint density at radius 2 is 2.05 bits per heavy atom. The van der Waals surface area contributed by atoms with Crippen molar-refractivity contribution in [2.45, 2.75) is 0 Å². The standard InChI is InChI=1S/C14H17N3O3/c1-16-5-7-17(8-6-16)14(18)10-3-4-11(19-2)12-13(10)20-9-15-12/h3-4,9H,5-8H2,1-2H3. The number of carbonyl (C=O) groups excluding carboxylic acids is 1. The molecule has 3 rings (SSSR count). The van der Waals surface area contributed by atoms with Crippen LogP contribution in [-0.4, -0.2) is 61.0 Å². The highest BCUT2D eigenvalue weighted by Gasteiger charge is 2.24.